The standard InChI is InChI=1S/C27H23N3O4S/c1-17-24(26(32)30-19-7-4-3-5-8-19)25(23-9-6-14-34-23)21(15-28)27(29-17)35-16-22(31)18-10-12-20(33-2)13-11-18/h3-14,25,29H,16H2,1-2H3,(H,30,32)/t25-/m0/s1. The molecule has 7 nitrogen and oxygen atoms in total. The second-order valence-corrected chi connectivity index (χ2v) is 8.71. The predicted octanol–water partition coefficient (Wildman–Crippen LogP) is 5.24. The van der Waals surface area contributed by atoms with Gasteiger partial charge in [0.1, 0.15) is 11.5 Å². The van der Waals surface area contributed by atoms with Crippen LogP contribution >= 0.6 is 11.8 Å². The smallest absolute Gasteiger partial charge is 0.254 e. The Kier molecular flexibility index (Phi) is 7.38. The summed E-state index contributed by atoms with van der Waals surface area (Å²) in [6.07, 6.45) is 1.51. The molecular weight excluding hydrogens is 462 g/mol. The lowest BCUT2D eigenvalue weighted by molar-refractivity contribution is -0.113. The fourth-order valence-corrected chi connectivity index (χ4v) is 4.77. The van der Waals surface area contributed by atoms with Crippen LogP contribution in [0.15, 0.2) is 99.3 Å². The van der Waals surface area contributed by atoms with Gasteiger partial charge in [0.15, 0.2) is 5.78 Å². The highest BCUT2D eigenvalue weighted by molar-refractivity contribution is 8.03. The van der Waals surface area contributed by atoms with Crippen LogP contribution in [0.25, 0.3) is 0 Å². The zero-order valence-electron chi connectivity index (χ0n) is 19.2. The van der Waals surface area contributed by atoms with Crippen molar-refractivity contribution in [3.8, 4) is 11.8 Å². The average molecular weight is 486 g/mol. The van der Waals surface area contributed by atoms with E-state index in [1.165, 1.54) is 18.0 Å². The maximum Gasteiger partial charge on any atom is 0.254 e. The molecule has 0 radical (unpaired) electrons. The van der Waals surface area contributed by atoms with E-state index in [-0.39, 0.29) is 17.4 Å². The van der Waals surface area contributed by atoms with Crippen molar-refractivity contribution in [2.45, 2.75) is 12.8 Å². The Morgan fingerprint density at radius 3 is 2.49 bits per heavy atom. The minimum Gasteiger partial charge on any atom is -0.497 e. The number of anilines is 1. The molecule has 0 spiro atoms. The summed E-state index contributed by atoms with van der Waals surface area (Å²) < 4.78 is 10.8. The Labute approximate surface area is 207 Å². The molecule has 1 aliphatic heterocycles. The number of para-hydroxylation sites is 1. The van der Waals surface area contributed by atoms with E-state index in [1.54, 1.807) is 62.6 Å². The van der Waals surface area contributed by atoms with Crippen molar-refractivity contribution in [3.63, 3.8) is 0 Å². The normalized spacial score (nSPS) is 15.3. The molecule has 3 aromatic rings. The number of benzene rings is 2. The van der Waals surface area contributed by atoms with Gasteiger partial charge in [-0.05, 0) is 55.5 Å². The van der Waals surface area contributed by atoms with Crippen LogP contribution in [0.1, 0.15) is 29.0 Å². The number of carbonyl (C=O) groups excluding carboxylic acids is 2. The molecule has 0 bridgehead atoms. The van der Waals surface area contributed by atoms with Crippen LogP contribution in [0, 0.1) is 11.3 Å². The van der Waals surface area contributed by atoms with Crippen molar-refractivity contribution in [1.29, 1.82) is 5.26 Å². The minimum atomic E-state index is -0.710. The lowest BCUT2D eigenvalue weighted by Gasteiger charge is -2.28. The number of amides is 1. The van der Waals surface area contributed by atoms with Crippen LogP contribution in [-0.4, -0.2) is 24.6 Å². The van der Waals surface area contributed by atoms with Crippen LogP contribution in [0.2, 0.25) is 0 Å². The van der Waals surface area contributed by atoms with Gasteiger partial charge in [0.2, 0.25) is 0 Å². The van der Waals surface area contributed by atoms with Gasteiger partial charge in [-0.1, -0.05) is 30.0 Å². The Morgan fingerprint density at radius 1 is 1.11 bits per heavy atom. The quantitative estimate of drug-likeness (QED) is 0.421. The van der Waals surface area contributed by atoms with Gasteiger partial charge in [-0.15, -0.1) is 0 Å². The highest BCUT2D eigenvalue weighted by Crippen LogP contribution is 2.41. The molecule has 2 aromatic carbocycles. The number of ketones is 1. The molecule has 1 aromatic heterocycles. The molecule has 1 atom stereocenters. The summed E-state index contributed by atoms with van der Waals surface area (Å²) in [5.74, 6) is 0.116. The second-order valence-electron chi connectivity index (χ2n) is 7.73. The molecule has 0 fully saturated rings. The summed E-state index contributed by atoms with van der Waals surface area (Å²) >= 11 is 1.22. The number of dihydropyridines is 1. The van der Waals surface area contributed by atoms with Crippen LogP contribution in [0.3, 0.4) is 0 Å². The first-order chi connectivity index (χ1) is 17.0. The van der Waals surface area contributed by atoms with Crippen molar-refractivity contribution in [2.75, 3.05) is 18.2 Å². The summed E-state index contributed by atoms with van der Waals surface area (Å²) in [4.78, 5) is 26.1. The third kappa shape index (κ3) is 5.31. The zero-order chi connectivity index (χ0) is 24.8. The number of allylic oxidation sites excluding steroid dienone is 2. The number of rotatable bonds is 8. The van der Waals surface area contributed by atoms with Crippen LogP contribution in [0.4, 0.5) is 5.69 Å². The Hall–Kier alpha value is -4.22. The van der Waals surface area contributed by atoms with Gasteiger partial charge in [0, 0.05) is 16.9 Å². The van der Waals surface area contributed by atoms with Gasteiger partial charge in [0.05, 0.1) is 47.3 Å². The molecule has 176 valence electrons. The maximum absolute atomic E-state index is 13.3. The fourth-order valence-electron chi connectivity index (χ4n) is 3.79. The molecular formula is C27H23N3O4S. The molecule has 2 N–H and O–H groups in total. The summed E-state index contributed by atoms with van der Waals surface area (Å²) in [7, 11) is 1.57. The molecule has 4 rings (SSSR count). The first-order valence-electron chi connectivity index (χ1n) is 10.8. The summed E-state index contributed by atoms with van der Waals surface area (Å²) in [6.45, 7) is 1.77. The van der Waals surface area contributed by atoms with E-state index < -0.39 is 5.92 Å². The first kappa shape index (κ1) is 23.9. The SMILES string of the molecule is COc1ccc(C(=O)CSC2=C(C#N)[C@@H](c3ccco3)C(C(=O)Nc3ccccc3)=C(C)N2)cc1. The predicted molar refractivity (Wildman–Crippen MR) is 135 cm³/mol. The molecule has 1 aliphatic rings. The number of nitrogens with one attached hydrogen (secondary N) is 2. The number of carbonyl (C=O) groups is 2. The highest BCUT2D eigenvalue weighted by atomic mass is 32.2. The first-order valence-corrected chi connectivity index (χ1v) is 11.8. The van der Waals surface area contributed by atoms with Gasteiger partial charge >= 0.3 is 0 Å². The minimum absolute atomic E-state index is 0.0898. The number of methoxy groups -OCH3 is 1. The number of ether oxygens (including phenoxy) is 1. The number of hydrogen-bond acceptors (Lipinski definition) is 7. The van der Waals surface area contributed by atoms with E-state index in [9.17, 15) is 14.9 Å². The largest absolute Gasteiger partial charge is 0.497 e. The summed E-state index contributed by atoms with van der Waals surface area (Å²) in [6, 6.07) is 21.7. The van der Waals surface area contributed by atoms with E-state index in [4.69, 9.17) is 9.15 Å². The average Bonchev–Trinajstić information content (AvgIpc) is 3.42. The lowest BCUT2D eigenvalue weighted by atomic mass is 9.85. The maximum atomic E-state index is 13.3. The molecule has 8 heteroatoms. The van der Waals surface area contributed by atoms with Crippen LogP contribution < -0.4 is 15.4 Å². The number of thioether (sulfide) groups is 1. The number of furan rings is 1. The third-order valence-corrected chi connectivity index (χ3v) is 6.53. The van der Waals surface area contributed by atoms with Crippen molar-refractivity contribution in [1.82, 2.24) is 5.32 Å². The van der Waals surface area contributed by atoms with Gasteiger partial charge in [-0.25, -0.2) is 0 Å². The van der Waals surface area contributed by atoms with Crippen molar-refractivity contribution < 1.29 is 18.7 Å². The number of nitrogens with zero attached hydrogens (tertiary/aromatic N) is 1. The van der Waals surface area contributed by atoms with Gasteiger partial charge in [0.25, 0.3) is 5.91 Å². The van der Waals surface area contributed by atoms with E-state index >= 15 is 0 Å². The molecule has 0 saturated heterocycles. The number of Topliss-reactive ketones (excluding diaryl/α,β-unsaturated/α-hetero) is 1. The van der Waals surface area contributed by atoms with E-state index in [1.807, 2.05) is 18.2 Å². The van der Waals surface area contributed by atoms with Crippen molar-refractivity contribution in [2.24, 2.45) is 0 Å². The van der Waals surface area contributed by atoms with E-state index in [2.05, 4.69) is 16.7 Å². The molecule has 0 saturated carbocycles. The van der Waals surface area contributed by atoms with Crippen molar-refractivity contribution in [3.05, 3.63) is 106 Å². The topological polar surface area (TPSA) is 104 Å². The van der Waals surface area contributed by atoms with Crippen LogP contribution in [-0.2, 0) is 4.79 Å². The second kappa shape index (κ2) is 10.8. The Morgan fingerprint density at radius 2 is 1.86 bits per heavy atom. The van der Waals surface area contributed by atoms with Crippen LogP contribution in [0.5, 0.6) is 5.75 Å². The van der Waals surface area contributed by atoms with E-state index in [0.29, 0.717) is 44.6 Å². The summed E-state index contributed by atoms with van der Waals surface area (Å²) in [5.41, 5.74) is 2.47. The zero-order valence-corrected chi connectivity index (χ0v) is 20.0. The monoisotopic (exact) mass is 485 g/mol. The molecule has 35 heavy (non-hydrogen) atoms. The summed E-state index contributed by atoms with van der Waals surface area (Å²) in [5, 5.41) is 16.7. The fraction of sp³-hybridized carbons (Fsp3) is 0.148. The Bertz CT molecular complexity index is 1320. The molecule has 0 aliphatic carbocycles. The molecule has 0 unspecified atom stereocenters. The van der Waals surface area contributed by atoms with Crippen molar-refractivity contribution >= 4 is 29.1 Å². The van der Waals surface area contributed by atoms with Gasteiger partial charge < -0.3 is 19.8 Å². The third-order valence-electron chi connectivity index (χ3n) is 5.51. The van der Waals surface area contributed by atoms with Gasteiger partial charge in [-0.3, -0.25) is 9.59 Å². The van der Waals surface area contributed by atoms with E-state index in [0.717, 1.165) is 0 Å². The highest BCUT2D eigenvalue weighted by Gasteiger charge is 2.36. The van der Waals surface area contributed by atoms with Gasteiger partial charge in [-0.2, -0.15) is 5.26 Å². The Balaban J connectivity index is 1.61. The lowest BCUT2D eigenvalue weighted by Crippen LogP contribution is -2.30. The molecule has 1 amide bonds. The molecule has 2 heterocycles. The number of hydrogen-bond donors (Lipinski definition) is 2. The number of nitriles is 1.